The van der Waals surface area contributed by atoms with Crippen molar-refractivity contribution in [2.45, 2.75) is 51.6 Å². The highest BCUT2D eigenvalue weighted by Gasteiger charge is 2.46. The molecule has 15 heavy (non-hydrogen) atoms. The number of hydrogen-bond donors (Lipinski definition) is 0. The number of ether oxygens (including phenoxy) is 1. The lowest BCUT2D eigenvalue weighted by molar-refractivity contribution is -0.256. The Hall–Kier alpha value is -0.290. The lowest BCUT2D eigenvalue weighted by Crippen LogP contribution is -2.57. The van der Waals surface area contributed by atoms with Crippen LogP contribution in [0.15, 0.2) is 0 Å². The number of morpholine rings is 1. The predicted octanol–water partition coefficient (Wildman–Crippen LogP) is 2.44. The standard InChI is InChI=1S/C10H18F3NO/c1-7-5-14(9(2,3)4)6-8(15-7)10(11,12)13/h7-8H,5-6H2,1-4H3. The summed E-state index contributed by atoms with van der Waals surface area (Å²) in [6, 6.07) is 0. The zero-order valence-electron chi connectivity index (χ0n) is 9.56. The van der Waals surface area contributed by atoms with Gasteiger partial charge in [0.1, 0.15) is 0 Å². The van der Waals surface area contributed by atoms with E-state index >= 15 is 0 Å². The van der Waals surface area contributed by atoms with Crippen molar-refractivity contribution in [3.8, 4) is 0 Å². The van der Waals surface area contributed by atoms with Crippen molar-refractivity contribution in [3.63, 3.8) is 0 Å². The van der Waals surface area contributed by atoms with Gasteiger partial charge in [-0.15, -0.1) is 0 Å². The van der Waals surface area contributed by atoms with Gasteiger partial charge in [-0.05, 0) is 27.7 Å². The molecule has 2 nitrogen and oxygen atoms in total. The summed E-state index contributed by atoms with van der Waals surface area (Å²) in [5, 5.41) is 0. The minimum Gasteiger partial charge on any atom is -0.363 e. The molecule has 1 saturated heterocycles. The highest BCUT2D eigenvalue weighted by molar-refractivity contribution is 4.87. The Morgan fingerprint density at radius 3 is 2.07 bits per heavy atom. The van der Waals surface area contributed by atoms with E-state index in [1.54, 1.807) is 6.92 Å². The van der Waals surface area contributed by atoms with Gasteiger partial charge in [-0.2, -0.15) is 13.2 Å². The van der Waals surface area contributed by atoms with Crippen molar-refractivity contribution in [1.29, 1.82) is 0 Å². The summed E-state index contributed by atoms with van der Waals surface area (Å²) >= 11 is 0. The average molecular weight is 225 g/mol. The number of hydrogen-bond acceptors (Lipinski definition) is 2. The first-order chi connectivity index (χ1) is 6.60. The van der Waals surface area contributed by atoms with Gasteiger partial charge < -0.3 is 4.74 Å². The van der Waals surface area contributed by atoms with E-state index in [0.717, 1.165) is 0 Å². The van der Waals surface area contributed by atoms with Crippen LogP contribution in [0.1, 0.15) is 27.7 Å². The molecule has 0 aromatic carbocycles. The summed E-state index contributed by atoms with van der Waals surface area (Å²) in [7, 11) is 0. The van der Waals surface area contributed by atoms with Crippen LogP contribution < -0.4 is 0 Å². The molecule has 0 spiro atoms. The first-order valence-electron chi connectivity index (χ1n) is 5.08. The quantitative estimate of drug-likeness (QED) is 0.628. The maximum atomic E-state index is 12.5. The van der Waals surface area contributed by atoms with Crippen molar-refractivity contribution in [2.24, 2.45) is 0 Å². The number of nitrogens with zero attached hydrogens (tertiary/aromatic N) is 1. The molecule has 0 saturated carbocycles. The van der Waals surface area contributed by atoms with Crippen LogP contribution in [0.3, 0.4) is 0 Å². The van der Waals surface area contributed by atoms with Gasteiger partial charge in [0.25, 0.3) is 0 Å². The fraction of sp³-hybridized carbons (Fsp3) is 1.00. The van der Waals surface area contributed by atoms with E-state index < -0.39 is 12.3 Å². The van der Waals surface area contributed by atoms with Crippen molar-refractivity contribution in [1.82, 2.24) is 4.90 Å². The monoisotopic (exact) mass is 225 g/mol. The van der Waals surface area contributed by atoms with Crippen molar-refractivity contribution in [3.05, 3.63) is 0 Å². The molecule has 0 amide bonds. The Balaban J connectivity index is 2.73. The van der Waals surface area contributed by atoms with E-state index in [-0.39, 0.29) is 18.2 Å². The van der Waals surface area contributed by atoms with Crippen LogP contribution in [0.2, 0.25) is 0 Å². The van der Waals surface area contributed by atoms with E-state index in [9.17, 15) is 13.2 Å². The highest BCUT2D eigenvalue weighted by atomic mass is 19.4. The number of rotatable bonds is 0. The van der Waals surface area contributed by atoms with Gasteiger partial charge in [-0.1, -0.05) is 0 Å². The summed E-state index contributed by atoms with van der Waals surface area (Å²) < 4.78 is 42.5. The molecule has 1 heterocycles. The van der Waals surface area contributed by atoms with Crippen LogP contribution >= 0.6 is 0 Å². The van der Waals surface area contributed by atoms with E-state index in [2.05, 4.69) is 0 Å². The second-order valence-corrected chi connectivity index (χ2v) is 5.05. The lowest BCUT2D eigenvalue weighted by Gasteiger charge is -2.44. The molecule has 0 aromatic heterocycles. The molecule has 0 bridgehead atoms. The van der Waals surface area contributed by atoms with Gasteiger partial charge in [-0.3, -0.25) is 4.90 Å². The van der Waals surface area contributed by atoms with Gasteiger partial charge in [0.15, 0.2) is 6.10 Å². The van der Waals surface area contributed by atoms with E-state index in [1.807, 2.05) is 25.7 Å². The molecule has 2 unspecified atom stereocenters. The maximum absolute atomic E-state index is 12.5. The zero-order chi connectivity index (χ0) is 11.9. The molecular weight excluding hydrogens is 207 g/mol. The third-order valence-corrected chi connectivity index (χ3v) is 2.57. The van der Waals surface area contributed by atoms with Crippen molar-refractivity contribution < 1.29 is 17.9 Å². The van der Waals surface area contributed by atoms with Gasteiger partial charge in [0.2, 0.25) is 0 Å². The molecule has 5 heteroatoms. The molecule has 0 aliphatic carbocycles. The summed E-state index contributed by atoms with van der Waals surface area (Å²) in [5.74, 6) is 0. The van der Waals surface area contributed by atoms with Gasteiger partial charge in [0.05, 0.1) is 6.10 Å². The highest BCUT2D eigenvalue weighted by Crippen LogP contribution is 2.30. The van der Waals surface area contributed by atoms with Gasteiger partial charge >= 0.3 is 6.18 Å². The lowest BCUT2D eigenvalue weighted by atomic mass is 10.0. The molecule has 0 N–H and O–H groups in total. The Morgan fingerprint density at radius 1 is 1.13 bits per heavy atom. The van der Waals surface area contributed by atoms with Crippen LogP contribution in [-0.4, -0.2) is 41.9 Å². The van der Waals surface area contributed by atoms with Crippen molar-refractivity contribution >= 4 is 0 Å². The van der Waals surface area contributed by atoms with E-state index in [4.69, 9.17) is 4.74 Å². The fourth-order valence-corrected chi connectivity index (χ4v) is 1.68. The maximum Gasteiger partial charge on any atom is 0.415 e. The second kappa shape index (κ2) is 3.94. The van der Waals surface area contributed by atoms with E-state index in [0.29, 0.717) is 6.54 Å². The van der Waals surface area contributed by atoms with Crippen LogP contribution in [0, 0.1) is 0 Å². The van der Waals surface area contributed by atoms with Gasteiger partial charge in [-0.25, -0.2) is 0 Å². The number of alkyl halides is 3. The normalized spacial score (nSPS) is 30.6. The fourth-order valence-electron chi connectivity index (χ4n) is 1.68. The minimum absolute atomic E-state index is 0.0721. The molecule has 2 atom stereocenters. The molecule has 0 radical (unpaired) electrons. The minimum atomic E-state index is -4.27. The SMILES string of the molecule is CC1CN(C(C)(C)C)CC(C(F)(F)F)O1. The molecule has 1 aliphatic rings. The molecule has 0 aromatic rings. The Morgan fingerprint density at radius 2 is 1.67 bits per heavy atom. The zero-order valence-corrected chi connectivity index (χ0v) is 9.56. The van der Waals surface area contributed by atoms with E-state index in [1.165, 1.54) is 0 Å². The first kappa shape index (κ1) is 12.8. The largest absolute Gasteiger partial charge is 0.415 e. The van der Waals surface area contributed by atoms with Crippen LogP contribution in [0.5, 0.6) is 0 Å². The van der Waals surface area contributed by atoms with Crippen molar-refractivity contribution in [2.75, 3.05) is 13.1 Å². The molecule has 1 aliphatic heterocycles. The summed E-state index contributed by atoms with van der Waals surface area (Å²) in [6.07, 6.45) is -6.29. The van der Waals surface area contributed by atoms with Crippen LogP contribution in [0.4, 0.5) is 13.2 Å². The third kappa shape index (κ3) is 3.34. The third-order valence-electron chi connectivity index (χ3n) is 2.57. The second-order valence-electron chi connectivity index (χ2n) is 5.05. The summed E-state index contributed by atoms with van der Waals surface area (Å²) in [4.78, 5) is 1.82. The summed E-state index contributed by atoms with van der Waals surface area (Å²) in [5.41, 5.74) is -0.248. The molecular formula is C10H18F3NO. The Bertz CT molecular complexity index is 200. The van der Waals surface area contributed by atoms with Gasteiger partial charge in [0, 0.05) is 18.6 Å². The topological polar surface area (TPSA) is 12.5 Å². The molecule has 1 fully saturated rings. The predicted molar refractivity (Wildman–Crippen MR) is 51.7 cm³/mol. The Kier molecular flexibility index (Phi) is 3.36. The van der Waals surface area contributed by atoms with Crippen LogP contribution in [-0.2, 0) is 4.74 Å². The molecule has 1 rings (SSSR count). The molecule has 90 valence electrons. The van der Waals surface area contributed by atoms with Crippen LogP contribution in [0.25, 0.3) is 0 Å². The number of halogens is 3. The Labute approximate surface area is 88.4 Å². The summed E-state index contributed by atoms with van der Waals surface area (Å²) in [6.45, 7) is 7.90. The smallest absolute Gasteiger partial charge is 0.363 e. The average Bonchev–Trinajstić information content (AvgIpc) is 1.99. The first-order valence-corrected chi connectivity index (χ1v) is 5.08.